The highest BCUT2D eigenvalue weighted by atomic mass is 28.4. The van der Waals surface area contributed by atoms with Crippen LogP contribution in [-0.2, 0) is 32.2 Å². The SMILES string of the molecule is C=C(C)O[Si](OC(=C)C)(OC(=C)C)C(CC)OC(CC)OC1(CC)OCCCO1. The summed E-state index contributed by atoms with van der Waals surface area (Å²) >= 11 is 0. The molecule has 0 aromatic carbocycles. The van der Waals surface area contributed by atoms with Crippen molar-refractivity contribution in [3.8, 4) is 0 Å². The smallest absolute Gasteiger partial charge is 0.487 e. The van der Waals surface area contributed by atoms with Gasteiger partial charge in [0, 0.05) is 6.42 Å². The Morgan fingerprint density at radius 2 is 1.38 bits per heavy atom. The van der Waals surface area contributed by atoms with Gasteiger partial charge in [-0.05, 0) is 40.0 Å². The first kappa shape index (κ1) is 25.7. The van der Waals surface area contributed by atoms with E-state index in [9.17, 15) is 0 Å². The van der Waals surface area contributed by atoms with Gasteiger partial charge in [-0.15, -0.1) is 0 Å². The van der Waals surface area contributed by atoms with Gasteiger partial charge in [-0.3, -0.25) is 4.74 Å². The summed E-state index contributed by atoms with van der Waals surface area (Å²) in [6, 6.07) is 0. The highest BCUT2D eigenvalue weighted by Crippen LogP contribution is 2.31. The molecule has 1 saturated heterocycles. The molecule has 2 unspecified atom stereocenters. The van der Waals surface area contributed by atoms with Crippen molar-refractivity contribution in [1.82, 2.24) is 0 Å². The maximum atomic E-state index is 6.33. The molecule has 0 spiro atoms. The van der Waals surface area contributed by atoms with Gasteiger partial charge in [0.25, 0.3) is 5.97 Å². The third-order valence-corrected chi connectivity index (χ3v) is 7.27. The first-order valence-corrected chi connectivity index (χ1v) is 12.1. The molecule has 1 aliphatic heterocycles. The fourth-order valence-electron chi connectivity index (χ4n) is 2.92. The van der Waals surface area contributed by atoms with Crippen LogP contribution in [0.25, 0.3) is 0 Å². The standard InChI is InChI=1S/C21H38O7Si/c1-10-19(25-21(12-3)22-14-13-15-23-21)24-20(11-2)29(26-16(4)5,27-17(6)7)28-18(8)9/h19-20H,4,6,8,10-15H2,1-3,5,7,9H3. The summed E-state index contributed by atoms with van der Waals surface area (Å²) in [5.74, 6) is 0.263. The van der Waals surface area contributed by atoms with Gasteiger partial charge in [-0.1, -0.05) is 40.5 Å². The molecule has 8 heteroatoms. The van der Waals surface area contributed by atoms with Crippen molar-refractivity contribution < 1.29 is 32.2 Å². The molecule has 1 aliphatic rings. The Morgan fingerprint density at radius 1 is 0.897 bits per heavy atom. The van der Waals surface area contributed by atoms with Crippen molar-refractivity contribution in [2.45, 2.75) is 85.2 Å². The van der Waals surface area contributed by atoms with E-state index in [1.807, 2.05) is 20.8 Å². The van der Waals surface area contributed by atoms with Crippen LogP contribution in [0.2, 0.25) is 0 Å². The first-order valence-electron chi connectivity index (χ1n) is 10.3. The molecule has 0 N–H and O–H groups in total. The summed E-state index contributed by atoms with van der Waals surface area (Å²) in [6.07, 6.45) is 1.89. The molecule has 7 nitrogen and oxygen atoms in total. The summed E-state index contributed by atoms with van der Waals surface area (Å²) in [6.45, 7) is 23.8. The molecule has 0 radical (unpaired) electrons. The lowest BCUT2D eigenvalue weighted by atomic mass is 10.3. The van der Waals surface area contributed by atoms with E-state index in [2.05, 4.69) is 19.7 Å². The van der Waals surface area contributed by atoms with E-state index in [1.165, 1.54) is 0 Å². The molecule has 0 saturated carbocycles. The fourth-order valence-corrected chi connectivity index (χ4v) is 5.71. The van der Waals surface area contributed by atoms with Crippen molar-refractivity contribution in [3.63, 3.8) is 0 Å². The Bertz CT molecular complexity index is 516. The fraction of sp³-hybridized carbons (Fsp3) is 0.714. The molecule has 1 rings (SSSR count). The average molecular weight is 431 g/mol. The maximum absolute atomic E-state index is 6.33. The van der Waals surface area contributed by atoms with Crippen molar-refractivity contribution in [1.29, 1.82) is 0 Å². The predicted octanol–water partition coefficient (Wildman–Crippen LogP) is 5.16. The van der Waals surface area contributed by atoms with Gasteiger partial charge in [-0.25, -0.2) is 0 Å². The monoisotopic (exact) mass is 430 g/mol. The molecule has 0 aromatic rings. The lowest BCUT2D eigenvalue weighted by Crippen LogP contribution is -2.58. The molecular formula is C21H38O7Si. The number of allylic oxidation sites excluding steroid dienone is 3. The summed E-state index contributed by atoms with van der Waals surface area (Å²) in [5.41, 5.74) is -0.546. The van der Waals surface area contributed by atoms with Gasteiger partial charge in [-0.2, -0.15) is 0 Å². The summed E-state index contributed by atoms with van der Waals surface area (Å²) in [5, 5.41) is 0. The quantitative estimate of drug-likeness (QED) is 0.214. The number of ether oxygens (including phenoxy) is 4. The molecule has 0 amide bonds. The largest absolute Gasteiger partial charge is 0.729 e. The van der Waals surface area contributed by atoms with Gasteiger partial charge < -0.3 is 27.5 Å². The topological polar surface area (TPSA) is 64.6 Å². The van der Waals surface area contributed by atoms with Crippen LogP contribution in [0.3, 0.4) is 0 Å². The van der Waals surface area contributed by atoms with Gasteiger partial charge in [0.05, 0.1) is 30.5 Å². The van der Waals surface area contributed by atoms with Crippen LogP contribution in [0.4, 0.5) is 0 Å². The van der Waals surface area contributed by atoms with Gasteiger partial charge >= 0.3 is 8.80 Å². The number of hydrogen-bond acceptors (Lipinski definition) is 7. The molecule has 29 heavy (non-hydrogen) atoms. The summed E-state index contributed by atoms with van der Waals surface area (Å²) in [7, 11) is -3.48. The molecule has 168 valence electrons. The van der Waals surface area contributed by atoms with E-state index in [0.29, 0.717) is 49.8 Å². The van der Waals surface area contributed by atoms with E-state index in [4.69, 9.17) is 32.2 Å². The molecule has 1 fully saturated rings. The molecule has 0 aliphatic carbocycles. The van der Waals surface area contributed by atoms with Gasteiger partial charge in [0.2, 0.25) is 0 Å². The second kappa shape index (κ2) is 11.8. The number of rotatable bonds is 14. The van der Waals surface area contributed by atoms with Gasteiger partial charge in [0.15, 0.2) is 12.0 Å². The summed E-state index contributed by atoms with van der Waals surface area (Å²) < 4.78 is 42.2. The van der Waals surface area contributed by atoms with E-state index in [1.54, 1.807) is 20.8 Å². The Morgan fingerprint density at radius 3 is 1.72 bits per heavy atom. The van der Waals surface area contributed by atoms with Crippen LogP contribution in [0.15, 0.2) is 37.0 Å². The normalized spacial score (nSPS) is 18.4. The highest BCUT2D eigenvalue weighted by molar-refractivity contribution is 6.63. The van der Waals surface area contributed by atoms with Crippen molar-refractivity contribution in [3.05, 3.63) is 37.0 Å². The van der Waals surface area contributed by atoms with Crippen LogP contribution in [0, 0.1) is 0 Å². The Hall–Kier alpha value is -1.32. The first-order chi connectivity index (χ1) is 13.6. The third kappa shape index (κ3) is 7.79. The van der Waals surface area contributed by atoms with E-state index >= 15 is 0 Å². The second-order valence-electron chi connectivity index (χ2n) is 7.09. The Balaban J connectivity index is 3.14. The zero-order valence-electron chi connectivity index (χ0n) is 18.9. The molecule has 2 atom stereocenters. The van der Waals surface area contributed by atoms with E-state index in [-0.39, 0.29) is 0 Å². The second-order valence-corrected chi connectivity index (χ2v) is 9.55. The van der Waals surface area contributed by atoms with Crippen molar-refractivity contribution in [2.75, 3.05) is 13.2 Å². The van der Waals surface area contributed by atoms with Crippen LogP contribution < -0.4 is 0 Å². The van der Waals surface area contributed by atoms with Crippen LogP contribution in [0.5, 0.6) is 0 Å². The van der Waals surface area contributed by atoms with Gasteiger partial charge in [0.1, 0.15) is 0 Å². The Kier molecular flexibility index (Phi) is 10.4. The molecule has 0 aromatic heterocycles. The maximum Gasteiger partial charge on any atom is 0.729 e. The van der Waals surface area contributed by atoms with Crippen LogP contribution >= 0.6 is 0 Å². The summed E-state index contributed by atoms with van der Waals surface area (Å²) in [4.78, 5) is 0. The van der Waals surface area contributed by atoms with Crippen LogP contribution in [0.1, 0.15) is 67.2 Å². The molecule has 1 heterocycles. The minimum atomic E-state index is -3.48. The zero-order chi connectivity index (χ0) is 22.1. The molecule has 0 bridgehead atoms. The lowest BCUT2D eigenvalue weighted by molar-refractivity contribution is -0.436. The third-order valence-electron chi connectivity index (χ3n) is 4.04. The molecular weight excluding hydrogens is 392 g/mol. The lowest BCUT2D eigenvalue weighted by Gasteiger charge is -2.40. The zero-order valence-corrected chi connectivity index (χ0v) is 19.9. The predicted molar refractivity (Wildman–Crippen MR) is 113 cm³/mol. The minimum absolute atomic E-state index is 0.458. The highest BCUT2D eigenvalue weighted by Gasteiger charge is 2.58. The Labute approximate surface area is 177 Å². The van der Waals surface area contributed by atoms with Crippen molar-refractivity contribution >= 4 is 8.80 Å². The minimum Gasteiger partial charge on any atom is -0.487 e. The van der Waals surface area contributed by atoms with E-state index in [0.717, 1.165) is 6.42 Å². The van der Waals surface area contributed by atoms with Crippen LogP contribution in [-0.4, -0.2) is 40.0 Å². The van der Waals surface area contributed by atoms with E-state index < -0.39 is 26.8 Å². The average Bonchev–Trinajstić information content (AvgIpc) is 2.63. The number of hydrogen-bond donors (Lipinski definition) is 0. The van der Waals surface area contributed by atoms with Crippen molar-refractivity contribution in [2.24, 2.45) is 0 Å².